The molecule has 1 amide bonds. The third kappa shape index (κ3) is 3.22. The van der Waals surface area contributed by atoms with E-state index in [0.717, 1.165) is 19.4 Å². The molecule has 0 aromatic carbocycles. The van der Waals surface area contributed by atoms with Gasteiger partial charge in [0.05, 0.1) is 0 Å². The van der Waals surface area contributed by atoms with Gasteiger partial charge in [-0.15, -0.1) is 11.3 Å². The molecule has 0 atom stereocenters. The Balaban J connectivity index is 1.94. The van der Waals surface area contributed by atoms with Gasteiger partial charge in [0.25, 0.3) is 0 Å². The van der Waals surface area contributed by atoms with Gasteiger partial charge >= 0.3 is 6.09 Å². The summed E-state index contributed by atoms with van der Waals surface area (Å²) in [7, 11) is 0. The highest BCUT2D eigenvalue weighted by Gasteiger charge is 2.25. The molecule has 0 N–H and O–H groups in total. The molecular weight excluding hydrogens is 234 g/mol. The molecule has 0 spiro atoms. The van der Waals surface area contributed by atoms with E-state index in [1.807, 2.05) is 29.3 Å². The van der Waals surface area contributed by atoms with Crippen molar-refractivity contribution >= 4 is 17.4 Å². The Labute approximate surface area is 106 Å². The van der Waals surface area contributed by atoms with Crippen LogP contribution in [-0.2, 0) is 0 Å². The Morgan fingerprint density at radius 1 is 1.47 bits per heavy atom. The van der Waals surface area contributed by atoms with Gasteiger partial charge in [-0.05, 0) is 37.3 Å². The van der Waals surface area contributed by atoms with Crippen LogP contribution in [0.2, 0.25) is 0 Å². The van der Waals surface area contributed by atoms with Crippen LogP contribution in [0.3, 0.4) is 0 Å². The molecule has 1 aromatic heterocycles. The monoisotopic (exact) mass is 253 g/mol. The molecule has 0 radical (unpaired) electrons. The maximum Gasteiger partial charge on any atom is 0.416 e. The third-order valence-electron chi connectivity index (χ3n) is 3.27. The van der Waals surface area contributed by atoms with E-state index in [4.69, 9.17) is 4.74 Å². The molecule has 1 aliphatic carbocycles. The number of hydrogen-bond acceptors (Lipinski definition) is 3. The van der Waals surface area contributed by atoms with Crippen LogP contribution < -0.4 is 4.74 Å². The smallest absolute Gasteiger partial charge is 0.399 e. The van der Waals surface area contributed by atoms with Gasteiger partial charge in [-0.1, -0.05) is 19.3 Å². The van der Waals surface area contributed by atoms with Gasteiger partial charge in [-0.3, -0.25) is 0 Å². The Kier molecular flexibility index (Phi) is 4.42. The van der Waals surface area contributed by atoms with E-state index in [9.17, 15) is 4.79 Å². The van der Waals surface area contributed by atoms with Crippen LogP contribution in [0, 0.1) is 0 Å². The van der Waals surface area contributed by atoms with Crippen molar-refractivity contribution in [1.82, 2.24) is 4.90 Å². The molecular formula is C13H19NO2S. The molecule has 0 aliphatic heterocycles. The van der Waals surface area contributed by atoms with Gasteiger partial charge in [-0.2, -0.15) is 0 Å². The minimum Gasteiger partial charge on any atom is -0.399 e. The highest BCUT2D eigenvalue weighted by atomic mass is 32.1. The maximum absolute atomic E-state index is 12.1. The zero-order chi connectivity index (χ0) is 12.1. The summed E-state index contributed by atoms with van der Waals surface area (Å²) < 4.78 is 5.37. The molecule has 94 valence electrons. The molecule has 0 saturated heterocycles. The first kappa shape index (κ1) is 12.4. The lowest BCUT2D eigenvalue weighted by Gasteiger charge is -2.32. The lowest BCUT2D eigenvalue weighted by Crippen LogP contribution is -2.42. The van der Waals surface area contributed by atoms with Crippen LogP contribution in [0.15, 0.2) is 17.5 Å². The van der Waals surface area contributed by atoms with Crippen LogP contribution in [0.25, 0.3) is 0 Å². The predicted octanol–water partition coefficient (Wildman–Crippen LogP) is 3.90. The summed E-state index contributed by atoms with van der Waals surface area (Å²) in [6.07, 6.45) is 5.80. The van der Waals surface area contributed by atoms with Gasteiger partial charge in [0.1, 0.15) is 0 Å². The van der Waals surface area contributed by atoms with Crippen molar-refractivity contribution < 1.29 is 9.53 Å². The second-order valence-electron chi connectivity index (χ2n) is 4.38. The molecule has 3 nitrogen and oxygen atoms in total. The number of thiophene rings is 1. The van der Waals surface area contributed by atoms with E-state index >= 15 is 0 Å². The van der Waals surface area contributed by atoms with E-state index in [2.05, 4.69) is 0 Å². The van der Waals surface area contributed by atoms with E-state index in [-0.39, 0.29) is 6.09 Å². The summed E-state index contributed by atoms with van der Waals surface area (Å²) in [6, 6.07) is 4.10. The maximum atomic E-state index is 12.1. The van der Waals surface area contributed by atoms with Crippen LogP contribution in [0.5, 0.6) is 5.06 Å². The van der Waals surface area contributed by atoms with Crippen LogP contribution in [-0.4, -0.2) is 23.6 Å². The Morgan fingerprint density at radius 3 is 2.82 bits per heavy atom. The SMILES string of the molecule is CCN(C(=O)Oc1cccs1)C1CCCCC1. The minimum atomic E-state index is -0.193. The largest absolute Gasteiger partial charge is 0.416 e. The fourth-order valence-corrected chi connectivity index (χ4v) is 2.96. The molecule has 0 bridgehead atoms. The number of rotatable bonds is 3. The average molecular weight is 253 g/mol. The van der Waals surface area contributed by atoms with Crippen LogP contribution >= 0.6 is 11.3 Å². The van der Waals surface area contributed by atoms with E-state index in [1.165, 1.54) is 30.6 Å². The standard InChI is InChI=1S/C13H19NO2S/c1-2-14(11-7-4-3-5-8-11)13(15)16-12-9-6-10-17-12/h6,9-11H,2-5,7-8H2,1H3. The van der Waals surface area contributed by atoms with Gasteiger partial charge in [0.2, 0.25) is 0 Å². The number of carbonyl (C=O) groups is 1. The first-order valence-corrected chi connectivity index (χ1v) is 7.21. The van der Waals surface area contributed by atoms with Crippen molar-refractivity contribution in [3.8, 4) is 5.06 Å². The quantitative estimate of drug-likeness (QED) is 0.817. The summed E-state index contributed by atoms with van der Waals surface area (Å²) in [5, 5.41) is 2.60. The number of hydrogen-bond donors (Lipinski definition) is 0. The van der Waals surface area contributed by atoms with E-state index in [1.54, 1.807) is 0 Å². The Bertz CT molecular complexity index is 344. The fraction of sp³-hybridized carbons (Fsp3) is 0.615. The van der Waals surface area contributed by atoms with Gasteiger partial charge in [0, 0.05) is 12.6 Å². The molecule has 2 rings (SSSR count). The molecule has 4 heteroatoms. The van der Waals surface area contributed by atoms with Crippen LogP contribution in [0.1, 0.15) is 39.0 Å². The second kappa shape index (κ2) is 6.05. The summed E-state index contributed by atoms with van der Waals surface area (Å²) >= 11 is 1.46. The highest BCUT2D eigenvalue weighted by molar-refractivity contribution is 7.11. The molecule has 17 heavy (non-hydrogen) atoms. The predicted molar refractivity (Wildman–Crippen MR) is 69.6 cm³/mol. The van der Waals surface area contributed by atoms with Crippen molar-refractivity contribution in [2.75, 3.05) is 6.54 Å². The molecule has 1 saturated carbocycles. The third-order valence-corrected chi connectivity index (χ3v) is 4.02. The van der Waals surface area contributed by atoms with Crippen molar-refractivity contribution in [3.05, 3.63) is 17.5 Å². The number of ether oxygens (including phenoxy) is 1. The Hall–Kier alpha value is -1.03. The fourth-order valence-electron chi connectivity index (χ4n) is 2.40. The topological polar surface area (TPSA) is 29.5 Å². The molecule has 1 aliphatic rings. The molecule has 0 unspecified atom stereocenters. The minimum absolute atomic E-state index is 0.193. The summed E-state index contributed by atoms with van der Waals surface area (Å²) in [5.74, 6) is 0. The number of nitrogens with zero attached hydrogens (tertiary/aromatic N) is 1. The summed E-state index contributed by atoms with van der Waals surface area (Å²) in [5.41, 5.74) is 0. The average Bonchev–Trinajstić information content (AvgIpc) is 2.84. The van der Waals surface area contributed by atoms with Crippen molar-refractivity contribution in [1.29, 1.82) is 0 Å². The lowest BCUT2D eigenvalue weighted by atomic mass is 9.94. The molecule has 1 aromatic rings. The first-order chi connectivity index (χ1) is 8.31. The number of carbonyl (C=O) groups excluding carboxylic acids is 1. The summed E-state index contributed by atoms with van der Waals surface area (Å²) in [6.45, 7) is 2.75. The van der Waals surface area contributed by atoms with Gasteiger partial charge in [-0.25, -0.2) is 4.79 Å². The zero-order valence-electron chi connectivity index (χ0n) is 10.2. The van der Waals surface area contributed by atoms with Crippen LogP contribution in [0.4, 0.5) is 4.79 Å². The molecule has 1 heterocycles. The first-order valence-electron chi connectivity index (χ1n) is 6.33. The normalized spacial score (nSPS) is 16.8. The summed E-state index contributed by atoms with van der Waals surface area (Å²) in [4.78, 5) is 13.9. The zero-order valence-corrected chi connectivity index (χ0v) is 11.0. The van der Waals surface area contributed by atoms with Crippen molar-refractivity contribution in [3.63, 3.8) is 0 Å². The van der Waals surface area contributed by atoms with E-state index < -0.39 is 0 Å². The second-order valence-corrected chi connectivity index (χ2v) is 5.29. The molecule has 1 fully saturated rings. The van der Waals surface area contributed by atoms with E-state index in [0.29, 0.717) is 11.1 Å². The Morgan fingerprint density at radius 2 is 2.24 bits per heavy atom. The van der Waals surface area contributed by atoms with Gasteiger partial charge in [0.15, 0.2) is 5.06 Å². The highest BCUT2D eigenvalue weighted by Crippen LogP contribution is 2.24. The van der Waals surface area contributed by atoms with Gasteiger partial charge < -0.3 is 9.64 Å². The van der Waals surface area contributed by atoms with Crippen molar-refractivity contribution in [2.24, 2.45) is 0 Å². The van der Waals surface area contributed by atoms with Crippen molar-refractivity contribution in [2.45, 2.75) is 45.1 Å². The lowest BCUT2D eigenvalue weighted by molar-refractivity contribution is 0.122. The number of amides is 1.